The van der Waals surface area contributed by atoms with Crippen molar-refractivity contribution in [1.29, 1.82) is 0 Å². The van der Waals surface area contributed by atoms with E-state index in [0.29, 0.717) is 42.0 Å². The van der Waals surface area contributed by atoms with Gasteiger partial charge in [0.25, 0.3) is 5.91 Å². The van der Waals surface area contributed by atoms with Crippen LogP contribution in [0.15, 0.2) is 30.3 Å². The molecule has 3 rings (SSSR count). The number of halogens is 5. The van der Waals surface area contributed by atoms with Gasteiger partial charge in [0, 0.05) is 42.8 Å². The number of amides is 1. The van der Waals surface area contributed by atoms with Crippen molar-refractivity contribution in [3.05, 3.63) is 69.0 Å². The fourth-order valence-corrected chi connectivity index (χ4v) is 3.47. The van der Waals surface area contributed by atoms with E-state index in [0.717, 1.165) is 6.07 Å². The number of rotatable bonds is 6. The molecule has 2 aromatic rings. The molecule has 0 radical (unpaired) electrons. The number of ketones is 1. The summed E-state index contributed by atoms with van der Waals surface area (Å²) in [6, 6.07) is 5.14. The lowest BCUT2D eigenvalue weighted by atomic mass is 9.95. The second-order valence-corrected chi connectivity index (χ2v) is 6.97. The largest absolute Gasteiger partial charge is 0.419 e. The van der Waals surface area contributed by atoms with Crippen molar-refractivity contribution in [3.63, 3.8) is 0 Å². The summed E-state index contributed by atoms with van der Waals surface area (Å²) in [6.07, 6.45) is -5.23. The minimum Gasteiger partial charge on any atom is -0.383 e. The average Bonchev–Trinajstić information content (AvgIpc) is 2.97. The number of Topliss-reactive ketones (excluding diaryl/α,β-unsaturated/α-hetero) is 1. The van der Waals surface area contributed by atoms with E-state index in [9.17, 15) is 27.2 Å². The summed E-state index contributed by atoms with van der Waals surface area (Å²) >= 11 is 6.22. The molecule has 1 aliphatic heterocycles. The van der Waals surface area contributed by atoms with E-state index in [1.807, 2.05) is 0 Å². The van der Waals surface area contributed by atoms with Crippen molar-refractivity contribution in [3.8, 4) is 0 Å². The topological polar surface area (TPSA) is 46.6 Å². The Morgan fingerprint density at radius 1 is 1.24 bits per heavy atom. The van der Waals surface area contributed by atoms with Crippen LogP contribution >= 0.6 is 11.6 Å². The molecular weight excluding hydrogens is 414 g/mol. The first-order chi connectivity index (χ1) is 13.6. The molecule has 29 heavy (non-hydrogen) atoms. The van der Waals surface area contributed by atoms with Crippen molar-refractivity contribution < 1.29 is 31.9 Å². The van der Waals surface area contributed by atoms with Crippen LogP contribution in [0.1, 0.15) is 37.4 Å². The van der Waals surface area contributed by atoms with Gasteiger partial charge in [-0.25, -0.2) is 4.39 Å². The van der Waals surface area contributed by atoms with Gasteiger partial charge in [0.1, 0.15) is 5.82 Å². The van der Waals surface area contributed by atoms with Crippen LogP contribution in [0.2, 0.25) is 5.02 Å². The molecule has 0 atom stereocenters. The lowest BCUT2D eigenvalue weighted by Crippen LogP contribution is -2.27. The molecule has 0 saturated heterocycles. The maximum Gasteiger partial charge on any atom is 0.419 e. The highest BCUT2D eigenvalue weighted by Gasteiger charge is 2.35. The van der Waals surface area contributed by atoms with E-state index >= 15 is 0 Å². The maximum atomic E-state index is 13.5. The fourth-order valence-electron chi connectivity index (χ4n) is 3.23. The normalized spacial score (nSPS) is 13.7. The van der Waals surface area contributed by atoms with E-state index in [4.69, 9.17) is 16.3 Å². The maximum absolute atomic E-state index is 13.5. The van der Waals surface area contributed by atoms with E-state index in [2.05, 4.69) is 0 Å². The monoisotopic (exact) mass is 429 g/mol. The van der Waals surface area contributed by atoms with Crippen LogP contribution in [0, 0.1) is 5.82 Å². The first-order valence-corrected chi connectivity index (χ1v) is 8.99. The van der Waals surface area contributed by atoms with E-state index < -0.39 is 23.3 Å². The number of carbonyl (C=O) groups is 2. The summed E-state index contributed by atoms with van der Waals surface area (Å²) in [4.78, 5) is 26.7. The minimum atomic E-state index is -4.92. The molecular formula is C20H16ClF4NO3. The molecule has 0 fully saturated rings. The number of ether oxygens (including phenoxy) is 1. The molecule has 4 nitrogen and oxygen atoms in total. The third-order valence-electron chi connectivity index (χ3n) is 4.74. The second-order valence-electron chi connectivity index (χ2n) is 6.56. The smallest absolute Gasteiger partial charge is 0.383 e. The van der Waals surface area contributed by atoms with Gasteiger partial charge in [0.2, 0.25) is 0 Å². The van der Waals surface area contributed by atoms with E-state index in [1.165, 1.54) is 18.1 Å². The second kappa shape index (κ2) is 8.12. The molecule has 0 aromatic heterocycles. The lowest BCUT2D eigenvalue weighted by Gasteiger charge is -2.15. The molecule has 1 amide bonds. The molecule has 0 N–H and O–H groups in total. The lowest BCUT2D eigenvalue weighted by molar-refractivity contribution is -0.140. The van der Waals surface area contributed by atoms with Crippen molar-refractivity contribution in [2.75, 3.05) is 20.3 Å². The number of hydrogen-bond donors (Lipinski definition) is 0. The third kappa shape index (κ3) is 4.28. The van der Waals surface area contributed by atoms with Gasteiger partial charge in [-0.15, -0.1) is 0 Å². The molecule has 0 aliphatic carbocycles. The zero-order valence-corrected chi connectivity index (χ0v) is 16.0. The van der Waals surface area contributed by atoms with Gasteiger partial charge in [-0.3, -0.25) is 9.59 Å². The Hall–Kier alpha value is -2.45. The van der Waals surface area contributed by atoms with Crippen molar-refractivity contribution in [2.45, 2.75) is 19.1 Å². The Morgan fingerprint density at radius 2 is 1.97 bits per heavy atom. The van der Waals surface area contributed by atoms with Crippen LogP contribution in [0.3, 0.4) is 0 Å². The summed E-state index contributed by atoms with van der Waals surface area (Å²) in [5.74, 6) is -2.34. The summed E-state index contributed by atoms with van der Waals surface area (Å²) in [7, 11) is 1.51. The predicted molar refractivity (Wildman–Crippen MR) is 97.5 cm³/mol. The Labute approximate surface area is 169 Å². The number of benzene rings is 2. The number of carbonyl (C=O) groups excluding carboxylic acids is 2. The number of methoxy groups -OCH3 is 1. The Balaban J connectivity index is 1.91. The first-order valence-electron chi connectivity index (χ1n) is 8.62. The highest BCUT2D eigenvalue weighted by Crippen LogP contribution is 2.34. The average molecular weight is 430 g/mol. The summed E-state index contributed by atoms with van der Waals surface area (Å²) < 4.78 is 57.2. The van der Waals surface area contributed by atoms with Crippen LogP contribution < -0.4 is 0 Å². The van der Waals surface area contributed by atoms with Crippen molar-refractivity contribution in [1.82, 2.24) is 4.90 Å². The number of nitrogens with zero attached hydrogens (tertiary/aromatic N) is 1. The highest BCUT2D eigenvalue weighted by molar-refractivity contribution is 6.32. The molecule has 0 saturated carbocycles. The molecule has 0 unspecified atom stereocenters. The van der Waals surface area contributed by atoms with Gasteiger partial charge in [-0.2, -0.15) is 13.2 Å². The predicted octanol–water partition coefficient (Wildman–Crippen LogP) is 4.53. The number of hydrogen-bond acceptors (Lipinski definition) is 3. The molecule has 9 heteroatoms. The Morgan fingerprint density at radius 3 is 2.62 bits per heavy atom. The van der Waals surface area contributed by atoms with Gasteiger partial charge in [0.05, 0.1) is 12.2 Å². The van der Waals surface area contributed by atoms with Gasteiger partial charge in [-0.1, -0.05) is 11.6 Å². The van der Waals surface area contributed by atoms with Gasteiger partial charge >= 0.3 is 6.18 Å². The minimum absolute atomic E-state index is 0.220. The van der Waals surface area contributed by atoms with Gasteiger partial charge in [0.15, 0.2) is 5.78 Å². The van der Waals surface area contributed by atoms with Crippen LogP contribution in [-0.2, 0) is 23.9 Å². The Kier molecular flexibility index (Phi) is 5.95. The summed E-state index contributed by atoms with van der Waals surface area (Å²) in [6.45, 7) is 0.900. The SMILES string of the molecule is COCCN1Cc2c(ccc(Cl)c2CC(=O)c2ccc(F)c(C(F)(F)F)c2)C1=O. The van der Waals surface area contributed by atoms with Gasteiger partial charge < -0.3 is 9.64 Å². The molecule has 0 spiro atoms. The van der Waals surface area contributed by atoms with E-state index in [-0.39, 0.29) is 29.5 Å². The van der Waals surface area contributed by atoms with Crippen LogP contribution in [0.25, 0.3) is 0 Å². The fraction of sp³-hybridized carbons (Fsp3) is 0.300. The third-order valence-corrected chi connectivity index (χ3v) is 5.09. The van der Waals surface area contributed by atoms with Crippen LogP contribution in [0.4, 0.5) is 17.6 Å². The van der Waals surface area contributed by atoms with E-state index in [1.54, 1.807) is 6.07 Å². The molecule has 2 aromatic carbocycles. The molecule has 1 aliphatic rings. The van der Waals surface area contributed by atoms with Crippen LogP contribution in [0.5, 0.6) is 0 Å². The van der Waals surface area contributed by atoms with Crippen molar-refractivity contribution in [2.24, 2.45) is 0 Å². The summed E-state index contributed by atoms with van der Waals surface area (Å²) in [5.41, 5.74) is -0.463. The van der Waals surface area contributed by atoms with Crippen LogP contribution in [-0.4, -0.2) is 36.9 Å². The van der Waals surface area contributed by atoms with Crippen molar-refractivity contribution >= 4 is 23.3 Å². The number of alkyl halides is 3. The number of fused-ring (bicyclic) bond motifs is 1. The molecule has 1 heterocycles. The van der Waals surface area contributed by atoms with Gasteiger partial charge in [-0.05, 0) is 41.5 Å². The molecule has 154 valence electrons. The summed E-state index contributed by atoms with van der Waals surface area (Å²) in [5, 5.41) is 0.233. The quantitative estimate of drug-likeness (QED) is 0.501. The first kappa shape index (κ1) is 21.3. The highest BCUT2D eigenvalue weighted by atomic mass is 35.5. The Bertz CT molecular complexity index is 975. The standard InChI is InChI=1S/C20H16ClF4NO3/c1-29-7-6-26-10-14-12(19(26)28)3-4-16(21)13(14)9-18(27)11-2-5-17(22)15(8-11)20(23,24)25/h2-5,8H,6-7,9-10H2,1H3. The molecule has 0 bridgehead atoms. The zero-order valence-electron chi connectivity index (χ0n) is 15.3. The zero-order chi connectivity index (χ0) is 21.3.